The van der Waals surface area contributed by atoms with Gasteiger partial charge in [0.25, 0.3) is 0 Å². The Bertz CT molecular complexity index is 870. The zero-order chi connectivity index (χ0) is 17.9. The van der Waals surface area contributed by atoms with Gasteiger partial charge in [-0.2, -0.15) is 0 Å². The van der Waals surface area contributed by atoms with Crippen LogP contribution in [0.3, 0.4) is 0 Å². The summed E-state index contributed by atoms with van der Waals surface area (Å²) in [5, 5.41) is 9.88. The molecular weight excluding hydrogens is 330 g/mol. The SMILES string of the molecule is Cc1cc(C)cc(NC(=O)C(=O)Nc2ccc(S(N)(=O)=O)cc2)c1. The third-order valence-corrected chi connectivity index (χ3v) is 4.06. The van der Waals surface area contributed by atoms with Gasteiger partial charge in [-0.05, 0) is 61.4 Å². The van der Waals surface area contributed by atoms with Gasteiger partial charge in [-0.15, -0.1) is 0 Å². The lowest BCUT2D eigenvalue weighted by Crippen LogP contribution is -2.29. The maximum Gasteiger partial charge on any atom is 0.314 e. The lowest BCUT2D eigenvalue weighted by Gasteiger charge is -2.08. The molecule has 0 atom stereocenters. The van der Waals surface area contributed by atoms with Crippen LogP contribution in [0.25, 0.3) is 0 Å². The number of amides is 2. The second-order valence-corrected chi connectivity index (χ2v) is 6.92. The molecule has 0 radical (unpaired) electrons. The van der Waals surface area contributed by atoms with Crippen LogP contribution in [0.5, 0.6) is 0 Å². The van der Waals surface area contributed by atoms with Crippen LogP contribution in [0.2, 0.25) is 0 Å². The average molecular weight is 347 g/mol. The van der Waals surface area contributed by atoms with Crippen LogP contribution in [0.1, 0.15) is 11.1 Å². The first kappa shape index (κ1) is 17.6. The molecule has 0 fully saturated rings. The minimum atomic E-state index is -3.81. The van der Waals surface area contributed by atoms with Crippen molar-refractivity contribution < 1.29 is 18.0 Å². The fraction of sp³-hybridized carbons (Fsp3) is 0.125. The normalized spacial score (nSPS) is 11.0. The number of aryl methyl sites for hydroxylation is 2. The van der Waals surface area contributed by atoms with Crippen LogP contribution in [-0.4, -0.2) is 20.2 Å². The number of nitrogens with one attached hydrogen (secondary N) is 2. The van der Waals surface area contributed by atoms with Crippen molar-refractivity contribution in [3.05, 3.63) is 53.6 Å². The summed E-state index contributed by atoms with van der Waals surface area (Å²) >= 11 is 0. The van der Waals surface area contributed by atoms with E-state index in [0.29, 0.717) is 5.69 Å². The third-order valence-electron chi connectivity index (χ3n) is 3.13. The molecule has 0 spiro atoms. The second-order valence-electron chi connectivity index (χ2n) is 5.35. The van der Waals surface area contributed by atoms with Crippen LogP contribution in [-0.2, 0) is 19.6 Å². The van der Waals surface area contributed by atoms with E-state index in [4.69, 9.17) is 5.14 Å². The summed E-state index contributed by atoms with van der Waals surface area (Å²) in [5.74, 6) is -1.69. The van der Waals surface area contributed by atoms with Crippen molar-refractivity contribution >= 4 is 33.2 Å². The smallest absolute Gasteiger partial charge is 0.314 e. The van der Waals surface area contributed by atoms with Crippen molar-refractivity contribution in [1.82, 2.24) is 0 Å². The van der Waals surface area contributed by atoms with Gasteiger partial charge >= 0.3 is 11.8 Å². The molecule has 0 saturated heterocycles. The highest BCUT2D eigenvalue weighted by Crippen LogP contribution is 2.15. The summed E-state index contributed by atoms with van der Waals surface area (Å²) in [5.41, 5.74) is 2.73. The molecule has 7 nitrogen and oxygen atoms in total. The molecule has 8 heteroatoms. The molecule has 126 valence electrons. The highest BCUT2D eigenvalue weighted by atomic mass is 32.2. The number of sulfonamides is 1. The van der Waals surface area contributed by atoms with E-state index in [1.165, 1.54) is 24.3 Å². The van der Waals surface area contributed by atoms with E-state index in [1.807, 2.05) is 19.9 Å². The summed E-state index contributed by atoms with van der Waals surface area (Å²) in [6, 6.07) is 10.6. The minimum absolute atomic E-state index is 0.0832. The topological polar surface area (TPSA) is 118 Å². The van der Waals surface area contributed by atoms with E-state index in [0.717, 1.165) is 11.1 Å². The molecule has 0 bridgehead atoms. The summed E-state index contributed by atoms with van der Waals surface area (Å²) in [4.78, 5) is 23.7. The van der Waals surface area contributed by atoms with E-state index in [-0.39, 0.29) is 10.6 Å². The largest absolute Gasteiger partial charge is 0.318 e. The molecule has 0 aliphatic carbocycles. The lowest BCUT2D eigenvalue weighted by atomic mass is 10.1. The maximum absolute atomic E-state index is 11.9. The van der Waals surface area contributed by atoms with Gasteiger partial charge in [0.2, 0.25) is 10.0 Å². The molecule has 2 rings (SSSR count). The molecular formula is C16H17N3O4S. The lowest BCUT2D eigenvalue weighted by molar-refractivity contribution is -0.132. The van der Waals surface area contributed by atoms with Crippen molar-refractivity contribution in [3.8, 4) is 0 Å². The molecule has 0 aliphatic heterocycles. The molecule has 2 aromatic rings. The molecule has 24 heavy (non-hydrogen) atoms. The molecule has 0 heterocycles. The Morgan fingerprint density at radius 3 is 1.75 bits per heavy atom. The van der Waals surface area contributed by atoms with Crippen LogP contribution in [0.4, 0.5) is 11.4 Å². The van der Waals surface area contributed by atoms with Gasteiger partial charge < -0.3 is 10.6 Å². The van der Waals surface area contributed by atoms with Gasteiger partial charge in [0.1, 0.15) is 0 Å². The minimum Gasteiger partial charge on any atom is -0.318 e. The summed E-state index contributed by atoms with van der Waals surface area (Å²) < 4.78 is 22.3. The van der Waals surface area contributed by atoms with E-state index < -0.39 is 21.8 Å². The number of benzene rings is 2. The monoisotopic (exact) mass is 347 g/mol. The first-order chi connectivity index (χ1) is 11.1. The molecule has 2 amide bonds. The summed E-state index contributed by atoms with van der Waals surface area (Å²) in [6.45, 7) is 3.77. The molecule has 0 saturated carbocycles. The number of rotatable bonds is 3. The van der Waals surface area contributed by atoms with Crippen LogP contribution in [0.15, 0.2) is 47.4 Å². The molecule has 0 unspecified atom stereocenters. The van der Waals surface area contributed by atoms with Gasteiger partial charge in [-0.25, -0.2) is 13.6 Å². The van der Waals surface area contributed by atoms with Gasteiger partial charge in [0, 0.05) is 11.4 Å². The van der Waals surface area contributed by atoms with Crippen molar-refractivity contribution in [3.63, 3.8) is 0 Å². The first-order valence-electron chi connectivity index (χ1n) is 6.98. The van der Waals surface area contributed by atoms with Gasteiger partial charge in [-0.3, -0.25) is 9.59 Å². The Kier molecular flexibility index (Phi) is 5.01. The summed E-state index contributed by atoms with van der Waals surface area (Å²) in [7, 11) is -3.81. The zero-order valence-electron chi connectivity index (χ0n) is 13.2. The van der Waals surface area contributed by atoms with E-state index in [9.17, 15) is 18.0 Å². The fourth-order valence-corrected chi connectivity index (χ4v) is 2.67. The standard InChI is InChI=1S/C16H17N3O4S/c1-10-7-11(2)9-13(8-10)19-16(21)15(20)18-12-3-5-14(6-4-12)24(17,22)23/h3-9H,1-2H3,(H,18,20)(H,19,21)(H2,17,22,23). The molecule has 4 N–H and O–H groups in total. The van der Waals surface area contributed by atoms with Crippen molar-refractivity contribution in [1.29, 1.82) is 0 Å². The van der Waals surface area contributed by atoms with Gasteiger partial charge in [-0.1, -0.05) is 6.07 Å². The summed E-state index contributed by atoms with van der Waals surface area (Å²) in [6.07, 6.45) is 0. The number of nitrogens with two attached hydrogens (primary N) is 1. The quantitative estimate of drug-likeness (QED) is 0.730. The highest BCUT2D eigenvalue weighted by Gasteiger charge is 2.15. The van der Waals surface area contributed by atoms with Crippen LogP contribution < -0.4 is 15.8 Å². The fourth-order valence-electron chi connectivity index (χ4n) is 2.15. The number of carbonyl (C=O) groups is 2. The van der Waals surface area contributed by atoms with Crippen molar-refractivity contribution in [2.45, 2.75) is 18.7 Å². The Morgan fingerprint density at radius 1 is 0.833 bits per heavy atom. The first-order valence-corrected chi connectivity index (χ1v) is 8.53. The number of carbonyl (C=O) groups excluding carboxylic acids is 2. The van der Waals surface area contributed by atoms with E-state index in [2.05, 4.69) is 10.6 Å². The van der Waals surface area contributed by atoms with E-state index in [1.54, 1.807) is 12.1 Å². The predicted molar refractivity (Wildman–Crippen MR) is 91.0 cm³/mol. The van der Waals surface area contributed by atoms with Crippen LogP contribution in [0, 0.1) is 13.8 Å². The Hall–Kier alpha value is -2.71. The second kappa shape index (κ2) is 6.81. The number of primary sulfonamides is 1. The molecule has 2 aromatic carbocycles. The van der Waals surface area contributed by atoms with E-state index >= 15 is 0 Å². The highest BCUT2D eigenvalue weighted by molar-refractivity contribution is 7.89. The van der Waals surface area contributed by atoms with Crippen LogP contribution >= 0.6 is 0 Å². The predicted octanol–water partition coefficient (Wildman–Crippen LogP) is 1.53. The zero-order valence-corrected chi connectivity index (χ0v) is 14.0. The van der Waals surface area contributed by atoms with Crippen molar-refractivity contribution in [2.24, 2.45) is 5.14 Å². The Balaban J connectivity index is 2.05. The van der Waals surface area contributed by atoms with Gasteiger partial charge in [0.05, 0.1) is 4.90 Å². The maximum atomic E-state index is 11.9. The van der Waals surface area contributed by atoms with Crippen molar-refractivity contribution in [2.75, 3.05) is 10.6 Å². The third kappa shape index (κ3) is 4.64. The number of anilines is 2. The molecule has 0 aliphatic rings. The number of hydrogen-bond acceptors (Lipinski definition) is 4. The number of hydrogen-bond donors (Lipinski definition) is 3. The Morgan fingerprint density at radius 2 is 1.29 bits per heavy atom. The van der Waals surface area contributed by atoms with Gasteiger partial charge in [0.15, 0.2) is 0 Å². The Labute approximate surface area is 139 Å². The molecule has 0 aromatic heterocycles. The average Bonchev–Trinajstić information content (AvgIpc) is 2.45.